The first kappa shape index (κ1) is 26.3. The SMILES string of the molecule is CCOc1ccc(-c2ccc(C(=O)OC3CC=C(c4ccc(C)c(F)c4F)CC3)c(F)c2F)c(F)c1F. The predicted octanol–water partition coefficient (Wildman–Crippen LogP) is 7.69. The quantitative estimate of drug-likeness (QED) is 0.247. The van der Waals surface area contributed by atoms with E-state index in [1.54, 1.807) is 13.0 Å². The lowest BCUT2D eigenvalue weighted by atomic mass is 9.91. The molecule has 9 heteroatoms. The van der Waals surface area contributed by atoms with Crippen LogP contribution in [0.2, 0.25) is 0 Å². The van der Waals surface area contributed by atoms with Gasteiger partial charge in [-0.25, -0.2) is 26.7 Å². The molecule has 0 N–H and O–H groups in total. The first-order valence-corrected chi connectivity index (χ1v) is 11.6. The summed E-state index contributed by atoms with van der Waals surface area (Å²) in [6.07, 6.45) is 1.60. The van der Waals surface area contributed by atoms with Gasteiger partial charge in [0.15, 0.2) is 34.8 Å². The first-order valence-electron chi connectivity index (χ1n) is 11.6. The Morgan fingerprint density at radius 1 is 0.811 bits per heavy atom. The molecular weight excluding hydrogens is 498 g/mol. The molecule has 0 aromatic heterocycles. The molecule has 0 fully saturated rings. The summed E-state index contributed by atoms with van der Waals surface area (Å²) in [5.41, 5.74) is -0.979. The van der Waals surface area contributed by atoms with E-state index in [9.17, 15) is 31.1 Å². The van der Waals surface area contributed by atoms with Crippen molar-refractivity contribution in [2.24, 2.45) is 0 Å². The number of allylic oxidation sites excluding steroid dienone is 1. The molecule has 3 aromatic carbocycles. The minimum absolute atomic E-state index is 0.0784. The summed E-state index contributed by atoms with van der Waals surface area (Å²) in [7, 11) is 0. The molecule has 0 saturated heterocycles. The molecule has 0 radical (unpaired) electrons. The van der Waals surface area contributed by atoms with Crippen LogP contribution < -0.4 is 4.74 Å². The Labute approximate surface area is 209 Å². The molecule has 0 saturated carbocycles. The second kappa shape index (κ2) is 10.7. The molecule has 0 heterocycles. The van der Waals surface area contributed by atoms with Crippen molar-refractivity contribution in [3.8, 4) is 16.9 Å². The summed E-state index contributed by atoms with van der Waals surface area (Å²) in [5.74, 6) is -9.28. The smallest absolute Gasteiger partial charge is 0.341 e. The number of aryl methyl sites for hydroxylation is 1. The van der Waals surface area contributed by atoms with E-state index in [-0.39, 0.29) is 42.7 Å². The highest BCUT2D eigenvalue weighted by atomic mass is 19.2. The molecule has 0 aliphatic heterocycles. The van der Waals surface area contributed by atoms with Gasteiger partial charge in [0.05, 0.1) is 12.2 Å². The minimum atomic E-state index is -1.57. The number of carbonyl (C=O) groups is 1. The highest BCUT2D eigenvalue weighted by Gasteiger charge is 2.27. The van der Waals surface area contributed by atoms with Gasteiger partial charge in [-0.2, -0.15) is 4.39 Å². The molecule has 4 rings (SSSR count). The summed E-state index contributed by atoms with van der Waals surface area (Å²) in [5, 5.41) is 0. The lowest BCUT2D eigenvalue weighted by molar-refractivity contribution is 0.0279. The zero-order valence-electron chi connectivity index (χ0n) is 19.9. The molecule has 0 bridgehead atoms. The molecule has 3 nitrogen and oxygen atoms in total. The lowest BCUT2D eigenvalue weighted by Crippen LogP contribution is -2.21. The van der Waals surface area contributed by atoms with E-state index in [2.05, 4.69) is 0 Å². The number of benzene rings is 3. The molecule has 1 unspecified atom stereocenters. The van der Waals surface area contributed by atoms with Crippen LogP contribution in [0, 0.1) is 41.8 Å². The molecule has 37 heavy (non-hydrogen) atoms. The molecule has 194 valence electrons. The van der Waals surface area contributed by atoms with Crippen LogP contribution in [-0.2, 0) is 4.74 Å². The third-order valence-electron chi connectivity index (χ3n) is 6.20. The van der Waals surface area contributed by atoms with Gasteiger partial charge < -0.3 is 9.47 Å². The Bertz CT molecular complexity index is 1400. The molecule has 1 atom stereocenters. The molecule has 3 aromatic rings. The van der Waals surface area contributed by atoms with E-state index < -0.39 is 63.7 Å². The summed E-state index contributed by atoms with van der Waals surface area (Å²) < 4.78 is 96.7. The van der Waals surface area contributed by atoms with Crippen molar-refractivity contribution in [3.05, 3.63) is 94.1 Å². The van der Waals surface area contributed by atoms with Crippen molar-refractivity contribution in [1.29, 1.82) is 0 Å². The van der Waals surface area contributed by atoms with Crippen LogP contribution in [0.4, 0.5) is 26.3 Å². The summed E-state index contributed by atoms with van der Waals surface area (Å²) >= 11 is 0. The van der Waals surface area contributed by atoms with Crippen LogP contribution in [0.15, 0.2) is 42.5 Å². The highest BCUT2D eigenvalue weighted by Crippen LogP contribution is 2.34. The zero-order chi connectivity index (χ0) is 26.9. The molecule has 1 aliphatic carbocycles. The standard InChI is InChI=1S/C28H22F6O3/c1-3-36-21-13-12-19(25(32)27(21)34)18-10-11-20(26(33)24(18)31)28(35)37-16-7-5-15(6-8-16)17-9-4-14(2)22(29)23(17)30/h4-5,9-13,16H,3,6-8H2,1-2H3. The Balaban J connectivity index is 1.51. The largest absolute Gasteiger partial charge is 0.491 e. The van der Waals surface area contributed by atoms with Gasteiger partial charge in [-0.1, -0.05) is 24.3 Å². The average Bonchev–Trinajstić information content (AvgIpc) is 2.88. The number of esters is 1. The van der Waals surface area contributed by atoms with Gasteiger partial charge in [0, 0.05) is 23.1 Å². The van der Waals surface area contributed by atoms with Crippen molar-refractivity contribution in [2.45, 2.75) is 39.2 Å². The fraction of sp³-hybridized carbons (Fsp3) is 0.250. The van der Waals surface area contributed by atoms with Crippen molar-refractivity contribution in [3.63, 3.8) is 0 Å². The lowest BCUT2D eigenvalue weighted by Gasteiger charge is -2.23. The van der Waals surface area contributed by atoms with Crippen molar-refractivity contribution < 1.29 is 40.6 Å². The molecule has 1 aliphatic rings. The molecule has 0 spiro atoms. The van der Waals surface area contributed by atoms with Crippen LogP contribution in [-0.4, -0.2) is 18.7 Å². The molecular formula is C28H22F6O3. The number of halogens is 6. The van der Waals surface area contributed by atoms with Gasteiger partial charge in [0.2, 0.25) is 5.82 Å². The van der Waals surface area contributed by atoms with E-state index in [1.165, 1.54) is 19.1 Å². The van der Waals surface area contributed by atoms with E-state index >= 15 is 0 Å². The average molecular weight is 520 g/mol. The number of ether oxygens (including phenoxy) is 2. The predicted molar refractivity (Wildman–Crippen MR) is 125 cm³/mol. The fourth-order valence-electron chi connectivity index (χ4n) is 4.19. The Morgan fingerprint density at radius 2 is 1.43 bits per heavy atom. The summed E-state index contributed by atoms with van der Waals surface area (Å²) in [4.78, 5) is 12.5. The third kappa shape index (κ3) is 5.08. The maximum absolute atomic E-state index is 14.8. The minimum Gasteiger partial charge on any atom is -0.491 e. The second-order valence-electron chi connectivity index (χ2n) is 8.55. The Hall–Kier alpha value is -3.75. The van der Waals surface area contributed by atoms with E-state index in [4.69, 9.17) is 9.47 Å². The third-order valence-corrected chi connectivity index (χ3v) is 6.20. The second-order valence-corrected chi connectivity index (χ2v) is 8.55. The van der Waals surface area contributed by atoms with Crippen LogP contribution >= 0.6 is 0 Å². The highest BCUT2D eigenvalue weighted by molar-refractivity contribution is 5.90. The normalized spacial score (nSPS) is 15.4. The fourth-order valence-corrected chi connectivity index (χ4v) is 4.19. The van der Waals surface area contributed by atoms with Crippen molar-refractivity contribution in [2.75, 3.05) is 6.61 Å². The van der Waals surface area contributed by atoms with Crippen LogP contribution in [0.3, 0.4) is 0 Å². The van der Waals surface area contributed by atoms with E-state index in [0.717, 1.165) is 24.3 Å². The van der Waals surface area contributed by atoms with Crippen LogP contribution in [0.5, 0.6) is 5.75 Å². The van der Waals surface area contributed by atoms with Gasteiger partial charge in [-0.15, -0.1) is 0 Å². The van der Waals surface area contributed by atoms with Crippen LogP contribution in [0.25, 0.3) is 16.7 Å². The van der Waals surface area contributed by atoms with Gasteiger partial charge in [0.1, 0.15) is 6.10 Å². The Morgan fingerprint density at radius 3 is 2.08 bits per heavy atom. The summed E-state index contributed by atoms with van der Waals surface area (Å²) in [6, 6.07) is 6.98. The van der Waals surface area contributed by atoms with Gasteiger partial charge in [-0.3, -0.25) is 0 Å². The number of hydrogen-bond acceptors (Lipinski definition) is 3. The monoisotopic (exact) mass is 520 g/mol. The number of rotatable bonds is 6. The Kier molecular flexibility index (Phi) is 7.61. The topological polar surface area (TPSA) is 35.5 Å². The number of hydrogen-bond donors (Lipinski definition) is 0. The maximum atomic E-state index is 14.8. The summed E-state index contributed by atoms with van der Waals surface area (Å²) in [6.45, 7) is 3.11. The first-order chi connectivity index (χ1) is 17.6. The van der Waals surface area contributed by atoms with Gasteiger partial charge in [0.25, 0.3) is 0 Å². The zero-order valence-corrected chi connectivity index (χ0v) is 19.9. The van der Waals surface area contributed by atoms with Crippen molar-refractivity contribution in [1.82, 2.24) is 0 Å². The van der Waals surface area contributed by atoms with Gasteiger partial charge in [-0.05, 0) is 56.0 Å². The maximum Gasteiger partial charge on any atom is 0.341 e. The van der Waals surface area contributed by atoms with E-state index in [0.29, 0.717) is 5.57 Å². The van der Waals surface area contributed by atoms with Gasteiger partial charge >= 0.3 is 5.97 Å². The van der Waals surface area contributed by atoms with Crippen LogP contribution in [0.1, 0.15) is 47.7 Å². The molecule has 0 amide bonds. The van der Waals surface area contributed by atoms with E-state index in [1.807, 2.05) is 0 Å². The van der Waals surface area contributed by atoms with Crippen molar-refractivity contribution >= 4 is 11.5 Å². The number of carbonyl (C=O) groups excluding carboxylic acids is 1.